The lowest BCUT2D eigenvalue weighted by molar-refractivity contribution is 0.0946. The fourth-order valence-electron chi connectivity index (χ4n) is 2.30. The minimum absolute atomic E-state index is 0.188. The first-order chi connectivity index (χ1) is 11.2. The minimum Gasteiger partial charge on any atom is -0.423 e. The zero-order chi connectivity index (χ0) is 15.8. The van der Waals surface area contributed by atoms with Gasteiger partial charge in [0.25, 0.3) is 5.91 Å². The standard InChI is InChI=1S/C15H14N4O3S/c1-8-12(13(19-22-8)10-3-2-6-23-10)14(20)16-7-11-17-18-15(21-11)9-4-5-9/h2-3,6,9H,4-5,7H2,1H3,(H,16,20). The predicted octanol–water partition coefficient (Wildman–Crippen LogP) is 2.90. The van der Waals surface area contributed by atoms with Gasteiger partial charge < -0.3 is 14.3 Å². The summed E-state index contributed by atoms with van der Waals surface area (Å²) in [5.41, 5.74) is 0.994. The van der Waals surface area contributed by atoms with Gasteiger partial charge in [-0.1, -0.05) is 11.2 Å². The van der Waals surface area contributed by atoms with Gasteiger partial charge in [0.05, 0.1) is 11.4 Å². The Balaban J connectivity index is 1.49. The average molecular weight is 330 g/mol. The molecule has 3 aromatic rings. The van der Waals surface area contributed by atoms with Crippen molar-refractivity contribution in [3.05, 3.63) is 40.6 Å². The van der Waals surface area contributed by atoms with Crippen LogP contribution < -0.4 is 5.32 Å². The Bertz CT molecular complexity index is 833. The molecule has 1 amide bonds. The van der Waals surface area contributed by atoms with Gasteiger partial charge >= 0.3 is 0 Å². The number of aromatic nitrogens is 3. The van der Waals surface area contributed by atoms with Crippen molar-refractivity contribution in [2.75, 3.05) is 0 Å². The van der Waals surface area contributed by atoms with E-state index in [1.165, 1.54) is 11.3 Å². The highest BCUT2D eigenvalue weighted by atomic mass is 32.1. The van der Waals surface area contributed by atoms with Crippen LogP contribution in [0.2, 0.25) is 0 Å². The van der Waals surface area contributed by atoms with E-state index in [9.17, 15) is 4.79 Å². The van der Waals surface area contributed by atoms with Gasteiger partial charge in [0.2, 0.25) is 11.8 Å². The van der Waals surface area contributed by atoms with Crippen molar-refractivity contribution < 1.29 is 13.7 Å². The number of carbonyl (C=O) groups excluding carboxylic acids is 1. The van der Waals surface area contributed by atoms with Crippen LogP contribution in [0, 0.1) is 6.92 Å². The normalized spacial score (nSPS) is 14.1. The van der Waals surface area contributed by atoms with Crippen molar-refractivity contribution >= 4 is 17.2 Å². The molecular formula is C15H14N4O3S. The van der Waals surface area contributed by atoms with Crippen molar-refractivity contribution in [3.63, 3.8) is 0 Å². The van der Waals surface area contributed by atoms with Gasteiger partial charge in [-0.05, 0) is 31.2 Å². The van der Waals surface area contributed by atoms with Gasteiger partial charge in [0, 0.05) is 5.92 Å². The highest BCUT2D eigenvalue weighted by Gasteiger charge is 2.29. The van der Waals surface area contributed by atoms with Crippen LogP contribution in [0.1, 0.15) is 46.7 Å². The molecular weight excluding hydrogens is 316 g/mol. The molecule has 0 bridgehead atoms. The Morgan fingerprint density at radius 3 is 3.04 bits per heavy atom. The van der Waals surface area contributed by atoms with Crippen LogP contribution in [-0.2, 0) is 6.54 Å². The second kappa shape index (κ2) is 5.62. The molecule has 23 heavy (non-hydrogen) atoms. The average Bonchev–Trinajstić information content (AvgIpc) is 2.96. The van der Waals surface area contributed by atoms with Crippen LogP contribution in [0.4, 0.5) is 0 Å². The van der Waals surface area contributed by atoms with E-state index in [2.05, 4.69) is 20.7 Å². The third-order valence-corrected chi connectivity index (χ3v) is 4.53. The summed E-state index contributed by atoms with van der Waals surface area (Å²) in [5.74, 6) is 1.69. The van der Waals surface area contributed by atoms with Gasteiger partial charge in [-0.2, -0.15) is 0 Å². The highest BCUT2D eigenvalue weighted by molar-refractivity contribution is 7.13. The number of amides is 1. The van der Waals surface area contributed by atoms with Crippen LogP contribution in [0.25, 0.3) is 10.6 Å². The quantitative estimate of drug-likeness (QED) is 0.773. The Hall–Kier alpha value is -2.48. The molecule has 1 saturated carbocycles. The first-order valence-electron chi connectivity index (χ1n) is 7.33. The monoisotopic (exact) mass is 330 g/mol. The summed E-state index contributed by atoms with van der Waals surface area (Å²) >= 11 is 1.51. The molecule has 0 radical (unpaired) electrons. The number of aryl methyl sites for hydroxylation is 1. The lowest BCUT2D eigenvalue weighted by Crippen LogP contribution is -2.23. The van der Waals surface area contributed by atoms with E-state index in [1.54, 1.807) is 6.92 Å². The smallest absolute Gasteiger partial charge is 0.257 e. The number of hydrogen-bond acceptors (Lipinski definition) is 7. The van der Waals surface area contributed by atoms with Gasteiger partial charge in [0.1, 0.15) is 17.0 Å². The third kappa shape index (κ3) is 2.77. The minimum atomic E-state index is -0.265. The highest BCUT2D eigenvalue weighted by Crippen LogP contribution is 2.39. The lowest BCUT2D eigenvalue weighted by Gasteiger charge is -2.02. The number of thiophene rings is 1. The lowest BCUT2D eigenvalue weighted by atomic mass is 10.1. The van der Waals surface area contributed by atoms with Gasteiger partial charge in [-0.15, -0.1) is 21.5 Å². The molecule has 8 heteroatoms. The van der Waals surface area contributed by atoms with Crippen molar-refractivity contribution in [1.29, 1.82) is 0 Å². The molecule has 1 N–H and O–H groups in total. The number of nitrogens with zero attached hydrogens (tertiary/aromatic N) is 3. The number of carbonyl (C=O) groups is 1. The SMILES string of the molecule is Cc1onc(-c2cccs2)c1C(=O)NCc1nnc(C2CC2)o1. The largest absolute Gasteiger partial charge is 0.423 e. The zero-order valence-corrected chi connectivity index (χ0v) is 13.2. The maximum Gasteiger partial charge on any atom is 0.257 e. The Kier molecular flexibility index (Phi) is 3.45. The van der Waals surface area contributed by atoms with Gasteiger partial charge in [-0.25, -0.2) is 0 Å². The van der Waals surface area contributed by atoms with Crippen molar-refractivity contribution in [1.82, 2.24) is 20.7 Å². The Morgan fingerprint density at radius 2 is 2.30 bits per heavy atom. The molecule has 0 atom stereocenters. The first-order valence-corrected chi connectivity index (χ1v) is 8.21. The summed E-state index contributed by atoms with van der Waals surface area (Å²) in [5, 5.41) is 16.7. The van der Waals surface area contributed by atoms with Gasteiger partial charge in [0.15, 0.2) is 0 Å². The van der Waals surface area contributed by atoms with E-state index in [0.717, 1.165) is 17.7 Å². The van der Waals surface area contributed by atoms with E-state index < -0.39 is 0 Å². The predicted molar refractivity (Wildman–Crippen MR) is 82.0 cm³/mol. The van der Waals surface area contributed by atoms with Crippen LogP contribution >= 0.6 is 11.3 Å². The van der Waals surface area contributed by atoms with Crippen molar-refractivity contribution in [2.24, 2.45) is 0 Å². The number of nitrogens with one attached hydrogen (secondary N) is 1. The Labute approximate surface area is 135 Å². The van der Waals surface area contributed by atoms with E-state index in [1.807, 2.05) is 17.5 Å². The topological polar surface area (TPSA) is 94.1 Å². The van der Waals surface area contributed by atoms with Crippen molar-refractivity contribution in [2.45, 2.75) is 32.2 Å². The summed E-state index contributed by atoms with van der Waals surface area (Å²) in [4.78, 5) is 13.4. The molecule has 0 unspecified atom stereocenters. The molecule has 118 valence electrons. The second-order valence-electron chi connectivity index (χ2n) is 5.43. The molecule has 3 aromatic heterocycles. The second-order valence-corrected chi connectivity index (χ2v) is 6.38. The van der Waals surface area contributed by atoms with Gasteiger partial charge in [-0.3, -0.25) is 4.79 Å². The molecule has 0 aromatic carbocycles. The fraction of sp³-hybridized carbons (Fsp3) is 0.333. The fourth-order valence-corrected chi connectivity index (χ4v) is 3.01. The van der Waals surface area contributed by atoms with Crippen LogP contribution in [0.15, 0.2) is 26.5 Å². The molecule has 1 aliphatic carbocycles. The maximum atomic E-state index is 12.5. The number of hydrogen-bond donors (Lipinski definition) is 1. The molecule has 0 spiro atoms. The van der Waals surface area contributed by atoms with Crippen LogP contribution in [0.5, 0.6) is 0 Å². The first kappa shape index (κ1) is 14.1. The summed E-state index contributed by atoms with van der Waals surface area (Å²) in [6.07, 6.45) is 2.19. The summed E-state index contributed by atoms with van der Waals surface area (Å²) in [6, 6.07) is 3.81. The van der Waals surface area contributed by atoms with Crippen LogP contribution in [0.3, 0.4) is 0 Å². The molecule has 0 saturated heterocycles. The number of rotatable bonds is 5. The summed E-state index contributed by atoms with van der Waals surface area (Å²) in [6.45, 7) is 1.91. The summed E-state index contributed by atoms with van der Waals surface area (Å²) < 4.78 is 10.7. The van der Waals surface area contributed by atoms with E-state index in [4.69, 9.17) is 8.94 Å². The third-order valence-electron chi connectivity index (χ3n) is 3.65. The molecule has 1 aliphatic rings. The Morgan fingerprint density at radius 1 is 1.43 bits per heavy atom. The van der Waals surface area contributed by atoms with Crippen molar-refractivity contribution in [3.8, 4) is 10.6 Å². The van der Waals surface area contributed by atoms with E-state index in [0.29, 0.717) is 34.7 Å². The molecule has 4 rings (SSSR count). The maximum absolute atomic E-state index is 12.5. The van der Waals surface area contributed by atoms with E-state index in [-0.39, 0.29) is 12.5 Å². The zero-order valence-electron chi connectivity index (χ0n) is 12.4. The molecule has 1 fully saturated rings. The molecule has 0 aliphatic heterocycles. The van der Waals surface area contributed by atoms with Crippen LogP contribution in [-0.4, -0.2) is 21.3 Å². The summed E-state index contributed by atoms with van der Waals surface area (Å²) in [7, 11) is 0. The van der Waals surface area contributed by atoms with E-state index >= 15 is 0 Å². The molecule has 3 heterocycles. The molecule has 7 nitrogen and oxygen atoms in total.